The SMILES string of the molecule is CC(=O)c1cccc(F)c1N1CC(CO)OCC1C. The molecule has 1 heterocycles. The van der Waals surface area contributed by atoms with Gasteiger partial charge in [-0.25, -0.2) is 4.39 Å². The quantitative estimate of drug-likeness (QED) is 0.845. The largest absolute Gasteiger partial charge is 0.394 e. The summed E-state index contributed by atoms with van der Waals surface area (Å²) in [5.74, 6) is -0.591. The van der Waals surface area contributed by atoms with E-state index < -0.39 is 5.82 Å². The number of ether oxygens (including phenoxy) is 1. The zero-order valence-electron chi connectivity index (χ0n) is 11.1. The minimum atomic E-state index is -0.418. The zero-order chi connectivity index (χ0) is 14.0. The number of aliphatic hydroxyl groups excluding tert-OH is 1. The fourth-order valence-corrected chi connectivity index (χ4v) is 2.33. The number of anilines is 1. The van der Waals surface area contributed by atoms with Gasteiger partial charge in [0.25, 0.3) is 0 Å². The normalized spacial score (nSPS) is 23.5. The van der Waals surface area contributed by atoms with Gasteiger partial charge in [-0.05, 0) is 26.0 Å². The molecular formula is C14H18FNO3. The summed E-state index contributed by atoms with van der Waals surface area (Å²) in [6.07, 6.45) is -0.351. The highest BCUT2D eigenvalue weighted by molar-refractivity contribution is 5.99. The van der Waals surface area contributed by atoms with E-state index in [1.165, 1.54) is 19.1 Å². The van der Waals surface area contributed by atoms with Crippen LogP contribution < -0.4 is 4.90 Å². The lowest BCUT2D eigenvalue weighted by atomic mass is 10.0. The maximum Gasteiger partial charge on any atom is 0.161 e. The van der Waals surface area contributed by atoms with Crippen molar-refractivity contribution in [3.05, 3.63) is 29.6 Å². The standard InChI is InChI=1S/C14H18FNO3/c1-9-8-19-11(7-17)6-16(9)14-12(10(2)18)4-3-5-13(14)15/h3-5,9,11,17H,6-8H2,1-2H3. The number of rotatable bonds is 3. The van der Waals surface area contributed by atoms with Crippen LogP contribution in [0.1, 0.15) is 24.2 Å². The molecule has 0 saturated carbocycles. The first-order valence-corrected chi connectivity index (χ1v) is 6.33. The zero-order valence-corrected chi connectivity index (χ0v) is 11.1. The number of morpholine rings is 1. The van der Waals surface area contributed by atoms with E-state index in [4.69, 9.17) is 4.74 Å². The Morgan fingerprint density at radius 3 is 2.95 bits per heavy atom. The molecule has 1 aliphatic heterocycles. The molecule has 2 atom stereocenters. The number of nitrogens with zero attached hydrogens (tertiary/aromatic N) is 1. The summed E-state index contributed by atoms with van der Waals surface area (Å²) in [5, 5.41) is 9.18. The third kappa shape index (κ3) is 2.77. The molecule has 1 aliphatic rings. The van der Waals surface area contributed by atoms with Crippen molar-refractivity contribution in [1.82, 2.24) is 0 Å². The summed E-state index contributed by atoms with van der Waals surface area (Å²) in [7, 11) is 0. The molecule has 0 amide bonds. The van der Waals surface area contributed by atoms with Crippen molar-refractivity contribution < 1.29 is 19.0 Å². The molecule has 0 radical (unpaired) electrons. The topological polar surface area (TPSA) is 49.8 Å². The van der Waals surface area contributed by atoms with E-state index in [1.807, 2.05) is 6.92 Å². The lowest BCUT2D eigenvalue weighted by molar-refractivity contribution is -0.0105. The minimum Gasteiger partial charge on any atom is -0.394 e. The Morgan fingerprint density at radius 2 is 2.32 bits per heavy atom. The molecule has 1 N–H and O–H groups in total. The fraction of sp³-hybridized carbons (Fsp3) is 0.500. The van der Waals surface area contributed by atoms with E-state index in [2.05, 4.69) is 0 Å². The molecule has 0 aliphatic carbocycles. The van der Waals surface area contributed by atoms with Gasteiger partial charge in [0, 0.05) is 18.2 Å². The number of Topliss-reactive ketones (excluding diaryl/α,β-unsaturated/α-hetero) is 1. The van der Waals surface area contributed by atoms with Gasteiger partial charge in [-0.15, -0.1) is 0 Å². The van der Waals surface area contributed by atoms with Gasteiger partial charge in [-0.2, -0.15) is 0 Å². The van der Waals surface area contributed by atoms with Crippen molar-refractivity contribution in [2.45, 2.75) is 26.0 Å². The maximum absolute atomic E-state index is 14.1. The molecule has 0 spiro atoms. The van der Waals surface area contributed by atoms with Crippen LogP contribution in [-0.4, -0.2) is 42.8 Å². The second kappa shape index (κ2) is 5.67. The maximum atomic E-state index is 14.1. The highest BCUT2D eigenvalue weighted by Crippen LogP contribution is 2.29. The van der Waals surface area contributed by atoms with Gasteiger partial charge in [0.15, 0.2) is 5.78 Å². The van der Waals surface area contributed by atoms with Crippen LogP contribution >= 0.6 is 0 Å². The number of hydrogen-bond donors (Lipinski definition) is 1. The summed E-state index contributed by atoms with van der Waals surface area (Å²) in [6.45, 7) is 3.99. The lowest BCUT2D eigenvalue weighted by Gasteiger charge is -2.39. The Labute approximate surface area is 111 Å². The summed E-state index contributed by atoms with van der Waals surface area (Å²) in [4.78, 5) is 13.4. The molecule has 0 aromatic heterocycles. The number of carbonyl (C=O) groups is 1. The van der Waals surface area contributed by atoms with E-state index in [0.717, 1.165) is 0 Å². The Balaban J connectivity index is 2.41. The van der Waals surface area contributed by atoms with Crippen molar-refractivity contribution in [3.8, 4) is 0 Å². The van der Waals surface area contributed by atoms with E-state index in [-0.39, 0.29) is 24.5 Å². The van der Waals surface area contributed by atoms with Crippen molar-refractivity contribution >= 4 is 11.5 Å². The molecule has 4 nitrogen and oxygen atoms in total. The third-order valence-electron chi connectivity index (χ3n) is 3.36. The van der Waals surface area contributed by atoms with Crippen molar-refractivity contribution in [2.75, 3.05) is 24.7 Å². The van der Waals surface area contributed by atoms with Crippen LogP contribution in [0, 0.1) is 5.82 Å². The molecule has 2 rings (SSSR count). The van der Waals surface area contributed by atoms with Gasteiger partial charge in [0.2, 0.25) is 0 Å². The number of para-hydroxylation sites is 1. The van der Waals surface area contributed by atoms with Crippen LogP contribution in [0.5, 0.6) is 0 Å². The number of ketones is 1. The first-order valence-electron chi connectivity index (χ1n) is 6.33. The first-order chi connectivity index (χ1) is 9.04. The highest BCUT2D eigenvalue weighted by Gasteiger charge is 2.29. The molecular weight excluding hydrogens is 249 g/mol. The van der Waals surface area contributed by atoms with Crippen LogP contribution in [0.3, 0.4) is 0 Å². The molecule has 1 aromatic carbocycles. The highest BCUT2D eigenvalue weighted by atomic mass is 19.1. The molecule has 104 valence electrons. The van der Waals surface area contributed by atoms with Crippen molar-refractivity contribution in [1.29, 1.82) is 0 Å². The molecule has 19 heavy (non-hydrogen) atoms. The molecule has 1 fully saturated rings. The van der Waals surface area contributed by atoms with Crippen LogP contribution in [0.4, 0.5) is 10.1 Å². The van der Waals surface area contributed by atoms with Gasteiger partial charge in [0.1, 0.15) is 5.82 Å². The second-order valence-corrected chi connectivity index (χ2v) is 4.83. The summed E-state index contributed by atoms with van der Waals surface area (Å²) in [5.41, 5.74) is 0.676. The van der Waals surface area contributed by atoms with E-state index in [9.17, 15) is 14.3 Å². The number of halogens is 1. The Hall–Kier alpha value is -1.46. The van der Waals surface area contributed by atoms with Crippen LogP contribution in [0.2, 0.25) is 0 Å². The Kier molecular flexibility index (Phi) is 4.17. The molecule has 5 heteroatoms. The molecule has 1 saturated heterocycles. The summed E-state index contributed by atoms with van der Waals surface area (Å²) >= 11 is 0. The van der Waals surface area contributed by atoms with Crippen LogP contribution in [0.15, 0.2) is 18.2 Å². The van der Waals surface area contributed by atoms with Crippen molar-refractivity contribution in [3.63, 3.8) is 0 Å². The van der Waals surface area contributed by atoms with Gasteiger partial charge in [0.05, 0.1) is 25.0 Å². The number of carbonyl (C=O) groups excluding carboxylic acids is 1. The predicted molar refractivity (Wildman–Crippen MR) is 70.0 cm³/mol. The van der Waals surface area contributed by atoms with E-state index in [1.54, 1.807) is 11.0 Å². The second-order valence-electron chi connectivity index (χ2n) is 4.83. The smallest absolute Gasteiger partial charge is 0.161 e. The average Bonchev–Trinajstić information content (AvgIpc) is 2.39. The molecule has 0 bridgehead atoms. The van der Waals surface area contributed by atoms with Crippen LogP contribution in [0.25, 0.3) is 0 Å². The third-order valence-corrected chi connectivity index (χ3v) is 3.36. The number of hydrogen-bond acceptors (Lipinski definition) is 4. The first kappa shape index (κ1) is 14.0. The predicted octanol–water partition coefficient (Wildman–Crippen LogP) is 1.61. The Morgan fingerprint density at radius 1 is 1.58 bits per heavy atom. The number of aliphatic hydroxyl groups is 1. The fourth-order valence-electron chi connectivity index (χ4n) is 2.33. The van der Waals surface area contributed by atoms with Gasteiger partial charge >= 0.3 is 0 Å². The average molecular weight is 267 g/mol. The monoisotopic (exact) mass is 267 g/mol. The van der Waals surface area contributed by atoms with Crippen molar-refractivity contribution in [2.24, 2.45) is 0 Å². The van der Waals surface area contributed by atoms with Gasteiger partial charge < -0.3 is 14.7 Å². The number of benzene rings is 1. The molecule has 2 unspecified atom stereocenters. The van der Waals surface area contributed by atoms with Crippen LogP contribution in [-0.2, 0) is 4.74 Å². The lowest BCUT2D eigenvalue weighted by Crippen LogP contribution is -2.50. The van der Waals surface area contributed by atoms with E-state index in [0.29, 0.717) is 24.4 Å². The summed E-state index contributed by atoms with van der Waals surface area (Å²) in [6, 6.07) is 4.46. The Bertz CT molecular complexity index is 478. The van der Waals surface area contributed by atoms with Gasteiger partial charge in [-0.3, -0.25) is 4.79 Å². The molecule has 1 aromatic rings. The van der Waals surface area contributed by atoms with E-state index >= 15 is 0 Å². The summed E-state index contributed by atoms with van der Waals surface area (Å²) < 4.78 is 19.5. The van der Waals surface area contributed by atoms with Gasteiger partial charge in [-0.1, -0.05) is 6.07 Å². The minimum absolute atomic E-state index is 0.0437.